The summed E-state index contributed by atoms with van der Waals surface area (Å²) in [5.41, 5.74) is 0.707. The number of fused-ring (bicyclic) bond motifs is 1. The van der Waals surface area contributed by atoms with E-state index < -0.39 is 16.8 Å². The van der Waals surface area contributed by atoms with Crippen LogP contribution in [0, 0.1) is 0 Å². The highest BCUT2D eigenvalue weighted by molar-refractivity contribution is 8.15. The van der Waals surface area contributed by atoms with Gasteiger partial charge in [-0.2, -0.15) is 0 Å². The maximum Gasteiger partial charge on any atom is 0.338 e. The number of amides is 2. The number of imide groups is 1. The molecule has 0 aliphatic carbocycles. The van der Waals surface area contributed by atoms with Gasteiger partial charge < -0.3 is 14.2 Å². The average molecular weight is 470 g/mol. The molecule has 2 heterocycles. The largest absolute Gasteiger partial charge is 0.489 e. The van der Waals surface area contributed by atoms with Crippen molar-refractivity contribution in [1.82, 2.24) is 5.32 Å². The summed E-state index contributed by atoms with van der Waals surface area (Å²) < 4.78 is 16.9. The Hall–Kier alpha value is -3.33. The predicted molar refractivity (Wildman–Crippen MR) is 121 cm³/mol. The van der Waals surface area contributed by atoms with Crippen molar-refractivity contribution in [2.75, 3.05) is 13.2 Å². The Morgan fingerprint density at radius 2 is 1.94 bits per heavy atom. The molecule has 2 atom stereocenters. The van der Waals surface area contributed by atoms with Gasteiger partial charge in [0.25, 0.3) is 5.24 Å². The normalized spacial score (nSPS) is 21.8. The summed E-state index contributed by atoms with van der Waals surface area (Å²) in [4.78, 5) is 47.7. The number of nitrogens with one attached hydrogen (secondary N) is 1. The number of carbonyl (C=O) groups is 4. The fourth-order valence-corrected chi connectivity index (χ4v) is 4.55. The lowest BCUT2D eigenvalue weighted by Crippen LogP contribution is -2.44. The van der Waals surface area contributed by atoms with Crippen molar-refractivity contribution in [1.29, 1.82) is 0 Å². The quantitative estimate of drug-likeness (QED) is 0.614. The number of thioether (sulfide) groups is 1. The van der Waals surface area contributed by atoms with Crippen molar-refractivity contribution in [3.8, 4) is 11.5 Å². The first-order chi connectivity index (χ1) is 15.8. The maximum absolute atomic E-state index is 12.8. The highest BCUT2D eigenvalue weighted by Crippen LogP contribution is 2.34. The van der Waals surface area contributed by atoms with E-state index in [9.17, 15) is 19.2 Å². The summed E-state index contributed by atoms with van der Waals surface area (Å²) in [5.74, 6) is 0.117. The first kappa shape index (κ1) is 22.8. The molecule has 9 heteroatoms. The second-order valence-electron chi connectivity index (χ2n) is 8.10. The Balaban J connectivity index is 1.38. The summed E-state index contributed by atoms with van der Waals surface area (Å²) >= 11 is 0.996. The van der Waals surface area contributed by atoms with Crippen LogP contribution in [-0.4, -0.2) is 47.0 Å². The SMILES string of the molecule is CCOC(=O)c1ccc2c(c1)C(=O)CC(C)(COc1ccc(CC3SC(=O)NC3=O)cc1)O2. The van der Waals surface area contributed by atoms with Crippen LogP contribution in [0.1, 0.15) is 46.5 Å². The van der Waals surface area contributed by atoms with Gasteiger partial charge in [0.1, 0.15) is 23.7 Å². The molecule has 1 fully saturated rings. The molecule has 2 aromatic carbocycles. The molecule has 2 amide bonds. The Bertz CT molecular complexity index is 1110. The summed E-state index contributed by atoms with van der Waals surface area (Å²) in [5, 5.41) is 1.54. The lowest BCUT2D eigenvalue weighted by molar-refractivity contribution is -0.118. The average Bonchev–Trinajstić information content (AvgIpc) is 3.09. The van der Waals surface area contributed by atoms with Crippen molar-refractivity contribution < 1.29 is 33.4 Å². The molecule has 172 valence electrons. The van der Waals surface area contributed by atoms with Crippen LogP contribution in [-0.2, 0) is 16.0 Å². The van der Waals surface area contributed by atoms with Crippen molar-refractivity contribution in [3.05, 3.63) is 59.2 Å². The number of esters is 1. The number of carbonyl (C=O) groups excluding carboxylic acids is 4. The van der Waals surface area contributed by atoms with E-state index in [1.165, 1.54) is 6.07 Å². The number of hydrogen-bond donors (Lipinski definition) is 1. The molecule has 2 aromatic rings. The van der Waals surface area contributed by atoms with Crippen molar-refractivity contribution in [2.24, 2.45) is 0 Å². The number of ketones is 1. The fourth-order valence-electron chi connectivity index (χ4n) is 3.69. The van der Waals surface area contributed by atoms with Crippen LogP contribution in [0.15, 0.2) is 42.5 Å². The summed E-state index contributed by atoms with van der Waals surface area (Å²) in [6.45, 7) is 3.92. The molecule has 0 radical (unpaired) electrons. The topological polar surface area (TPSA) is 108 Å². The standard InChI is InChI=1S/C24H23NO7S/c1-3-30-22(28)15-6-9-19-17(11-15)18(26)12-24(2,32-19)13-31-16-7-4-14(5-8-16)10-20-21(27)25-23(29)33-20/h4-9,11,20H,3,10,12-13H2,1-2H3,(H,25,27,29). The second-order valence-corrected chi connectivity index (χ2v) is 9.28. The zero-order chi connectivity index (χ0) is 23.6. The lowest BCUT2D eigenvalue weighted by Gasteiger charge is -2.34. The fraction of sp³-hybridized carbons (Fsp3) is 0.333. The van der Waals surface area contributed by atoms with E-state index in [2.05, 4.69) is 5.32 Å². The van der Waals surface area contributed by atoms with Crippen LogP contribution in [0.5, 0.6) is 11.5 Å². The second kappa shape index (κ2) is 9.27. The van der Waals surface area contributed by atoms with E-state index >= 15 is 0 Å². The molecular weight excluding hydrogens is 446 g/mol. The zero-order valence-corrected chi connectivity index (χ0v) is 19.0. The Morgan fingerprint density at radius 3 is 2.61 bits per heavy atom. The minimum Gasteiger partial charge on any atom is -0.489 e. The van der Waals surface area contributed by atoms with E-state index in [0.29, 0.717) is 29.0 Å². The minimum absolute atomic E-state index is 0.104. The molecule has 0 spiro atoms. The van der Waals surface area contributed by atoms with Crippen LogP contribution in [0.3, 0.4) is 0 Å². The lowest BCUT2D eigenvalue weighted by atomic mass is 9.91. The van der Waals surface area contributed by atoms with E-state index in [0.717, 1.165) is 17.3 Å². The first-order valence-corrected chi connectivity index (χ1v) is 11.4. The van der Waals surface area contributed by atoms with Gasteiger partial charge in [-0.1, -0.05) is 23.9 Å². The predicted octanol–water partition coefficient (Wildman–Crippen LogP) is 3.56. The molecule has 1 N–H and O–H groups in total. The first-order valence-electron chi connectivity index (χ1n) is 10.5. The zero-order valence-electron chi connectivity index (χ0n) is 18.2. The van der Waals surface area contributed by atoms with Gasteiger partial charge in [-0.15, -0.1) is 0 Å². The number of Topliss-reactive ketones (excluding diaryl/α,β-unsaturated/α-hetero) is 1. The van der Waals surface area contributed by atoms with Crippen molar-refractivity contribution in [3.63, 3.8) is 0 Å². The molecule has 4 rings (SSSR count). The molecule has 2 aliphatic rings. The molecule has 2 aliphatic heterocycles. The highest BCUT2D eigenvalue weighted by Gasteiger charge is 2.38. The van der Waals surface area contributed by atoms with Crippen LogP contribution in [0.2, 0.25) is 0 Å². The van der Waals surface area contributed by atoms with Crippen LogP contribution >= 0.6 is 11.8 Å². The maximum atomic E-state index is 12.8. The Morgan fingerprint density at radius 1 is 1.18 bits per heavy atom. The third kappa shape index (κ3) is 5.19. The van der Waals surface area contributed by atoms with Crippen molar-refractivity contribution >= 4 is 34.7 Å². The third-order valence-corrected chi connectivity index (χ3v) is 6.32. The summed E-state index contributed by atoms with van der Waals surface area (Å²) in [7, 11) is 0. The van der Waals surface area contributed by atoms with Gasteiger partial charge in [-0.3, -0.25) is 19.7 Å². The van der Waals surface area contributed by atoms with Gasteiger partial charge in [-0.25, -0.2) is 4.79 Å². The summed E-state index contributed by atoms with van der Waals surface area (Å²) in [6.07, 6.45) is 0.550. The number of hydrogen-bond acceptors (Lipinski definition) is 8. The van der Waals surface area contributed by atoms with E-state index in [1.807, 2.05) is 12.1 Å². The molecule has 0 saturated carbocycles. The van der Waals surface area contributed by atoms with Crippen LogP contribution < -0.4 is 14.8 Å². The Kier molecular flexibility index (Phi) is 6.42. The monoisotopic (exact) mass is 469 g/mol. The molecule has 0 bridgehead atoms. The van der Waals surface area contributed by atoms with Crippen molar-refractivity contribution in [2.45, 2.75) is 37.5 Å². The van der Waals surface area contributed by atoms with Gasteiger partial charge in [0.2, 0.25) is 5.91 Å². The van der Waals surface area contributed by atoms with Gasteiger partial charge in [0, 0.05) is 0 Å². The van der Waals surface area contributed by atoms with E-state index in [-0.39, 0.29) is 36.6 Å². The highest BCUT2D eigenvalue weighted by atomic mass is 32.2. The molecule has 33 heavy (non-hydrogen) atoms. The van der Waals surface area contributed by atoms with Crippen LogP contribution in [0.4, 0.5) is 4.79 Å². The molecule has 2 unspecified atom stereocenters. The van der Waals surface area contributed by atoms with Gasteiger partial charge in [0.05, 0.1) is 29.4 Å². The molecule has 0 aromatic heterocycles. The molecule has 8 nitrogen and oxygen atoms in total. The summed E-state index contributed by atoms with van der Waals surface area (Å²) in [6, 6.07) is 11.9. The smallest absolute Gasteiger partial charge is 0.338 e. The van der Waals surface area contributed by atoms with Crippen LogP contribution in [0.25, 0.3) is 0 Å². The Labute approximate surface area is 195 Å². The number of benzene rings is 2. The van der Waals surface area contributed by atoms with Gasteiger partial charge in [0.15, 0.2) is 5.78 Å². The number of rotatable bonds is 7. The van der Waals surface area contributed by atoms with E-state index in [4.69, 9.17) is 14.2 Å². The van der Waals surface area contributed by atoms with Gasteiger partial charge in [-0.05, 0) is 56.2 Å². The molecular formula is C24H23NO7S. The minimum atomic E-state index is -0.868. The van der Waals surface area contributed by atoms with Gasteiger partial charge >= 0.3 is 5.97 Å². The third-order valence-electron chi connectivity index (χ3n) is 5.34. The number of ether oxygens (including phenoxy) is 3. The van der Waals surface area contributed by atoms with E-state index in [1.54, 1.807) is 38.1 Å². The molecule has 1 saturated heterocycles.